The molecule has 1 fully saturated rings. The third kappa shape index (κ3) is 44.1. The topological polar surface area (TPSA) is 68.9 Å². The zero-order valence-corrected chi connectivity index (χ0v) is 43.6. The number of allylic oxidation sites excluding steroid dienone is 11. The van der Waals surface area contributed by atoms with Crippen molar-refractivity contribution < 1.29 is 9.53 Å². The van der Waals surface area contributed by atoms with E-state index in [1.807, 2.05) is 79.0 Å². The van der Waals surface area contributed by atoms with E-state index in [9.17, 15) is 4.79 Å². The van der Waals surface area contributed by atoms with Crippen molar-refractivity contribution in [1.82, 2.24) is 9.80 Å². The van der Waals surface area contributed by atoms with Crippen LogP contribution in [0.5, 0.6) is 0 Å². The highest BCUT2D eigenvalue weighted by Crippen LogP contribution is 2.22. The first-order chi connectivity index (χ1) is 28.0. The van der Waals surface area contributed by atoms with E-state index in [-0.39, 0.29) is 6.09 Å². The van der Waals surface area contributed by atoms with Crippen LogP contribution < -0.4 is 0 Å². The monoisotopic (exact) mass is 827 g/mol. The molecule has 6 heteroatoms. The quantitative estimate of drug-likeness (QED) is 0.0994. The lowest BCUT2D eigenvalue weighted by Gasteiger charge is -2.38. The molecule has 0 bridgehead atoms. The minimum atomic E-state index is -0.459. The van der Waals surface area contributed by atoms with E-state index in [1.165, 1.54) is 60.9 Å². The van der Waals surface area contributed by atoms with E-state index in [0.29, 0.717) is 13.1 Å². The molecule has 6 nitrogen and oxygen atoms in total. The average Bonchev–Trinajstić information content (AvgIpc) is 3.22. The smallest absolute Gasteiger partial charge is 0.410 e. The number of amides is 1. The lowest BCUT2D eigenvalue weighted by molar-refractivity contribution is 0.0168. The summed E-state index contributed by atoms with van der Waals surface area (Å²) in [5.74, 6) is 0.949. The third-order valence-electron chi connectivity index (χ3n) is 8.37. The number of rotatable bonds is 14. The van der Waals surface area contributed by atoms with E-state index in [1.54, 1.807) is 4.90 Å². The minimum Gasteiger partial charge on any atom is -0.444 e. The Morgan fingerprint density at radius 2 is 1.29 bits per heavy atom. The number of hydrogen-bond acceptors (Lipinski definition) is 5. The van der Waals surface area contributed by atoms with Crippen LogP contribution in [0.1, 0.15) is 217 Å². The van der Waals surface area contributed by atoms with Gasteiger partial charge >= 0.3 is 6.09 Å². The number of nitriles is 1. The predicted molar refractivity (Wildman–Crippen MR) is 269 cm³/mol. The van der Waals surface area contributed by atoms with Crippen molar-refractivity contribution in [3.63, 3.8) is 0 Å². The number of hydrogen-bond donors (Lipinski definition) is 0. The Hall–Kier alpha value is -3.33. The van der Waals surface area contributed by atoms with Crippen molar-refractivity contribution in [1.29, 1.82) is 5.26 Å². The molecule has 0 aromatic heterocycles. The lowest BCUT2D eigenvalue weighted by Crippen LogP contribution is -2.49. The highest BCUT2D eigenvalue weighted by atomic mass is 16.6. The van der Waals surface area contributed by atoms with Gasteiger partial charge in [-0.2, -0.15) is 5.26 Å². The second kappa shape index (κ2) is 49.0. The predicted octanol–water partition coefficient (Wildman–Crippen LogP) is 17.4. The zero-order valence-electron chi connectivity index (χ0n) is 43.6. The van der Waals surface area contributed by atoms with Gasteiger partial charge in [-0.1, -0.05) is 172 Å². The molecule has 1 aliphatic heterocycles. The first-order valence-electron chi connectivity index (χ1n) is 23.7. The van der Waals surface area contributed by atoms with Crippen molar-refractivity contribution in [2.75, 3.05) is 26.2 Å². The van der Waals surface area contributed by atoms with Gasteiger partial charge in [-0.15, -0.1) is 0 Å². The van der Waals surface area contributed by atoms with Crippen molar-refractivity contribution >= 4 is 11.8 Å². The van der Waals surface area contributed by atoms with Crippen LogP contribution >= 0.6 is 0 Å². The number of aliphatic imine (C=N–C) groups is 1. The summed E-state index contributed by atoms with van der Waals surface area (Å²) in [5, 5.41) is 8.85. The number of carbonyl (C=O) groups is 1. The van der Waals surface area contributed by atoms with Crippen LogP contribution in [0.3, 0.4) is 0 Å². The molecule has 0 saturated carbocycles. The molecule has 0 radical (unpaired) electrons. The maximum atomic E-state index is 12.3. The first kappa shape index (κ1) is 67.4. The van der Waals surface area contributed by atoms with Crippen LogP contribution in [-0.2, 0) is 4.74 Å². The highest BCUT2D eigenvalue weighted by Gasteiger charge is 2.27. The fourth-order valence-electron chi connectivity index (χ4n) is 4.87. The molecule has 1 amide bonds. The summed E-state index contributed by atoms with van der Waals surface area (Å²) in [4.78, 5) is 21.0. The molecule has 1 aliphatic rings. The highest BCUT2D eigenvalue weighted by molar-refractivity contribution is 6.02. The average molecular weight is 827 g/mol. The van der Waals surface area contributed by atoms with Crippen molar-refractivity contribution in [2.24, 2.45) is 10.9 Å². The number of nitrogens with zero attached hydrogens (tertiary/aromatic N) is 4. The van der Waals surface area contributed by atoms with Gasteiger partial charge in [0.05, 0.1) is 11.6 Å². The van der Waals surface area contributed by atoms with Gasteiger partial charge in [0.15, 0.2) is 0 Å². The Labute approximate surface area is 371 Å². The largest absolute Gasteiger partial charge is 0.444 e. The number of piperazine rings is 1. The summed E-state index contributed by atoms with van der Waals surface area (Å²) in [6.45, 7) is 48.8. The van der Waals surface area contributed by atoms with Gasteiger partial charge in [-0.05, 0) is 98.3 Å². The maximum Gasteiger partial charge on any atom is 0.410 e. The molecule has 0 aromatic rings. The van der Waals surface area contributed by atoms with Gasteiger partial charge in [-0.25, -0.2) is 4.79 Å². The van der Waals surface area contributed by atoms with Crippen LogP contribution in [0.15, 0.2) is 75.6 Å². The van der Waals surface area contributed by atoms with E-state index in [0.717, 1.165) is 56.0 Å². The fourth-order valence-corrected chi connectivity index (χ4v) is 4.87. The summed E-state index contributed by atoms with van der Waals surface area (Å²) >= 11 is 0. The molecule has 0 spiro atoms. The first-order valence-corrected chi connectivity index (χ1v) is 23.7. The molecule has 1 unspecified atom stereocenters. The van der Waals surface area contributed by atoms with Crippen molar-refractivity contribution in [2.45, 2.75) is 222 Å². The summed E-state index contributed by atoms with van der Waals surface area (Å²) in [6, 6.07) is 2.18. The molecular weight excluding hydrogens is 725 g/mol. The fraction of sp³-hybridized carbons (Fsp3) is 0.717. The Morgan fingerprint density at radius 1 is 0.797 bits per heavy atom. The number of carbonyl (C=O) groups excluding carboxylic acids is 1. The normalized spacial score (nSPS) is 14.1. The third-order valence-corrected chi connectivity index (χ3v) is 8.37. The Morgan fingerprint density at radius 3 is 1.64 bits per heavy atom. The number of ether oxygens (including phenoxy) is 1. The van der Waals surface area contributed by atoms with Crippen molar-refractivity contribution in [3.8, 4) is 6.07 Å². The van der Waals surface area contributed by atoms with Gasteiger partial charge in [0.25, 0.3) is 0 Å². The Kier molecular flexibility index (Phi) is 56.1. The number of unbranched alkanes of at least 4 members (excludes halogenated alkanes) is 1. The van der Waals surface area contributed by atoms with Gasteiger partial charge in [0.1, 0.15) is 5.60 Å². The van der Waals surface area contributed by atoms with E-state index in [4.69, 9.17) is 10.00 Å². The summed E-state index contributed by atoms with van der Waals surface area (Å²) in [5.41, 5.74) is 6.17. The molecule has 0 aromatic carbocycles. The zero-order chi connectivity index (χ0) is 47.2. The molecular formula is C53H102N4O2. The van der Waals surface area contributed by atoms with Crippen LogP contribution in [-0.4, -0.2) is 53.4 Å². The van der Waals surface area contributed by atoms with Crippen LogP contribution in [0.25, 0.3) is 0 Å². The second-order valence-corrected chi connectivity index (χ2v) is 15.2. The van der Waals surface area contributed by atoms with Gasteiger partial charge in [0.2, 0.25) is 0 Å². The standard InChI is InChI=1S/C22H37N3O2.C13H19N.C7H16.C4H10.C3H8.2C2H6/c1-9-11-12-23-18(4)20(17(3)10-2)19(5)24-13-15-25(16-14-24)21(26)27-22(6,7)8;1-4-6-7-9-13(11-14)10-12(3)8-5-2;1-4-6-7(3)5-2;1-3-4-2;1-3-2;2*1-2/h10-12H,9,13-16H2,1-8H3;6-7,9-10H,4-5,8H2,1-3H3;7H,4-6H2,1-3H3;3-4H2,1-2H3;3H2,1-2H3;2*1-2H3/b12-11+,17-10-,20-19+,23-18+;7-6+,12-10+,13-9+;;;;;. The molecule has 1 rings (SSSR count). The maximum absolute atomic E-state index is 12.3. The molecule has 1 atom stereocenters. The van der Waals surface area contributed by atoms with E-state index in [2.05, 4.69) is 132 Å². The molecule has 1 heterocycles. The van der Waals surface area contributed by atoms with Crippen LogP contribution in [0, 0.1) is 17.2 Å². The van der Waals surface area contributed by atoms with E-state index >= 15 is 0 Å². The lowest BCUT2D eigenvalue weighted by atomic mass is 10.00. The van der Waals surface area contributed by atoms with Gasteiger partial charge < -0.3 is 14.5 Å². The summed E-state index contributed by atoms with van der Waals surface area (Å²) < 4.78 is 5.49. The summed E-state index contributed by atoms with van der Waals surface area (Å²) in [6.07, 6.45) is 25.8. The molecule has 0 aliphatic carbocycles. The second-order valence-electron chi connectivity index (χ2n) is 15.2. The van der Waals surface area contributed by atoms with Gasteiger partial charge in [-0.3, -0.25) is 4.99 Å². The van der Waals surface area contributed by atoms with Crippen molar-refractivity contribution in [3.05, 3.63) is 70.6 Å². The minimum absolute atomic E-state index is 0.226. The molecule has 0 N–H and O–H groups in total. The van der Waals surface area contributed by atoms with Crippen LogP contribution in [0.2, 0.25) is 0 Å². The Bertz CT molecular complexity index is 1210. The van der Waals surface area contributed by atoms with E-state index < -0.39 is 5.60 Å². The molecule has 59 heavy (non-hydrogen) atoms. The Balaban J connectivity index is -0.000000182. The molecule has 1 saturated heterocycles. The van der Waals surface area contributed by atoms with Gasteiger partial charge in [0, 0.05) is 49.4 Å². The molecule has 346 valence electrons. The SMILES string of the molecule is CC.CC.CC/C=C/C=C(C#N)\C=C(/C)CCC.CCC.CCCC.CCCC(C)CC.C\C=C(C)/C(C(/C)=N/C=C/CC)=C(/C)N1CCN(C(=O)OC(C)(C)C)CC1. The van der Waals surface area contributed by atoms with Crippen LogP contribution in [0.4, 0.5) is 4.79 Å². The summed E-state index contributed by atoms with van der Waals surface area (Å²) in [7, 11) is 0.